The molecule has 6 nitrogen and oxygen atoms in total. The van der Waals surface area contributed by atoms with Crippen molar-refractivity contribution < 1.29 is 18.8 Å². The van der Waals surface area contributed by atoms with E-state index in [0.717, 1.165) is 55.7 Å². The van der Waals surface area contributed by atoms with Crippen LogP contribution in [-0.4, -0.2) is 35.9 Å². The molecule has 0 spiro atoms. The minimum Gasteiger partial charge on any atom is -0.396 e. The molecule has 2 aromatic carbocycles. The fourth-order valence-electron chi connectivity index (χ4n) is 4.46. The highest BCUT2D eigenvalue weighted by molar-refractivity contribution is 7.27. The second-order valence-electron chi connectivity index (χ2n) is 9.54. The molecule has 0 saturated heterocycles. The Morgan fingerprint density at radius 1 is 1.05 bits per heavy atom. The molecule has 0 fully saturated rings. The molecule has 0 amide bonds. The van der Waals surface area contributed by atoms with Gasteiger partial charge in [0.25, 0.3) is 0 Å². The number of aliphatic hydroxyl groups is 1. The Balaban J connectivity index is 1.41. The molecule has 1 aliphatic rings. The Kier molecular flexibility index (Phi) is 11.5. The highest BCUT2D eigenvalue weighted by atomic mass is 31.0. The highest BCUT2D eigenvalue weighted by Crippen LogP contribution is 2.24. The van der Waals surface area contributed by atoms with Crippen LogP contribution in [0.2, 0.25) is 0 Å². The summed E-state index contributed by atoms with van der Waals surface area (Å²) in [6, 6.07) is 16.7. The number of aromatic nitrogens is 1. The SMILES string of the molecule is OCCCCCC1=N/C=C/C(c2cc(COCCc3ccccc3P)on2)C/C=C/CN1c1ccc(F)cc1. The third-order valence-corrected chi connectivity index (χ3v) is 7.23. The van der Waals surface area contributed by atoms with Crippen molar-refractivity contribution in [1.82, 2.24) is 5.16 Å². The third kappa shape index (κ3) is 8.96. The average molecular weight is 550 g/mol. The van der Waals surface area contributed by atoms with Gasteiger partial charge in [-0.15, -0.1) is 9.24 Å². The zero-order valence-corrected chi connectivity index (χ0v) is 23.4. The summed E-state index contributed by atoms with van der Waals surface area (Å²) >= 11 is 0. The Labute approximate surface area is 232 Å². The van der Waals surface area contributed by atoms with Gasteiger partial charge < -0.3 is 19.3 Å². The Morgan fingerprint density at radius 2 is 1.90 bits per heavy atom. The molecule has 0 aliphatic carbocycles. The predicted octanol–water partition coefficient (Wildman–Crippen LogP) is 6.09. The van der Waals surface area contributed by atoms with E-state index in [4.69, 9.17) is 19.4 Å². The smallest absolute Gasteiger partial charge is 0.162 e. The largest absolute Gasteiger partial charge is 0.396 e. The fourth-order valence-corrected chi connectivity index (χ4v) is 4.82. The van der Waals surface area contributed by atoms with Crippen molar-refractivity contribution in [3.05, 3.63) is 102 Å². The van der Waals surface area contributed by atoms with E-state index in [9.17, 15) is 4.39 Å². The van der Waals surface area contributed by atoms with Crippen LogP contribution < -0.4 is 10.2 Å². The van der Waals surface area contributed by atoms with E-state index < -0.39 is 0 Å². The van der Waals surface area contributed by atoms with Crippen molar-refractivity contribution in [3.63, 3.8) is 0 Å². The number of halogens is 1. The van der Waals surface area contributed by atoms with Crippen LogP contribution in [0.1, 0.15) is 55.0 Å². The Hall–Kier alpha value is -3.12. The van der Waals surface area contributed by atoms with Crippen LogP contribution in [0.5, 0.6) is 0 Å². The monoisotopic (exact) mass is 549 g/mol. The zero-order chi connectivity index (χ0) is 27.3. The van der Waals surface area contributed by atoms with Crippen LogP contribution >= 0.6 is 9.24 Å². The van der Waals surface area contributed by atoms with Crippen LogP contribution in [0.15, 0.2) is 88.5 Å². The highest BCUT2D eigenvalue weighted by Gasteiger charge is 2.16. The van der Waals surface area contributed by atoms with Crippen LogP contribution in [0, 0.1) is 5.82 Å². The number of benzene rings is 2. The van der Waals surface area contributed by atoms with Crippen LogP contribution in [0.3, 0.4) is 0 Å². The average Bonchev–Trinajstić information content (AvgIpc) is 3.42. The Bertz CT molecular complexity index is 1260. The number of hydrogen-bond acceptors (Lipinski definition) is 6. The number of anilines is 1. The van der Waals surface area contributed by atoms with Crippen LogP contribution in [0.25, 0.3) is 0 Å². The normalized spacial score (nSPS) is 17.6. The van der Waals surface area contributed by atoms with Gasteiger partial charge in [0, 0.05) is 43.4 Å². The number of amidine groups is 1. The van der Waals surface area contributed by atoms with Gasteiger partial charge in [0.15, 0.2) is 5.76 Å². The molecular formula is C31H37FN3O3P. The molecule has 0 bridgehead atoms. The second-order valence-corrected chi connectivity index (χ2v) is 10.2. The molecule has 2 atom stereocenters. The molecule has 1 aromatic heterocycles. The van der Waals surface area contributed by atoms with E-state index >= 15 is 0 Å². The third-order valence-electron chi connectivity index (χ3n) is 6.67. The van der Waals surface area contributed by atoms with Crippen molar-refractivity contribution >= 4 is 26.1 Å². The summed E-state index contributed by atoms with van der Waals surface area (Å²) in [4.78, 5) is 6.94. The van der Waals surface area contributed by atoms with Crippen molar-refractivity contribution in [2.45, 2.75) is 51.0 Å². The predicted molar refractivity (Wildman–Crippen MR) is 158 cm³/mol. The van der Waals surface area contributed by atoms with Gasteiger partial charge in [-0.2, -0.15) is 0 Å². The quantitative estimate of drug-likeness (QED) is 0.168. The summed E-state index contributed by atoms with van der Waals surface area (Å²) in [5, 5.41) is 14.7. The minimum atomic E-state index is -0.262. The number of allylic oxidation sites excluding steroid dienone is 2. The first-order valence-electron chi connectivity index (χ1n) is 13.5. The van der Waals surface area contributed by atoms with E-state index in [0.29, 0.717) is 25.5 Å². The molecule has 206 valence electrons. The molecule has 2 heterocycles. The van der Waals surface area contributed by atoms with Gasteiger partial charge in [-0.1, -0.05) is 54.1 Å². The summed E-state index contributed by atoms with van der Waals surface area (Å²) < 4.78 is 25.0. The van der Waals surface area contributed by atoms with E-state index in [2.05, 4.69) is 43.6 Å². The van der Waals surface area contributed by atoms with Crippen LogP contribution in [0.4, 0.5) is 10.1 Å². The summed E-state index contributed by atoms with van der Waals surface area (Å²) in [5.41, 5.74) is 3.00. The van der Waals surface area contributed by atoms with Gasteiger partial charge in [0.05, 0.1) is 12.3 Å². The minimum absolute atomic E-state index is 0.0273. The van der Waals surface area contributed by atoms with Crippen molar-refractivity contribution in [2.75, 3.05) is 24.7 Å². The summed E-state index contributed by atoms with van der Waals surface area (Å²) in [7, 11) is 2.76. The van der Waals surface area contributed by atoms with Crippen molar-refractivity contribution in [3.8, 4) is 0 Å². The first-order valence-corrected chi connectivity index (χ1v) is 14.1. The molecule has 39 heavy (non-hydrogen) atoms. The van der Waals surface area contributed by atoms with E-state index in [-0.39, 0.29) is 18.3 Å². The lowest BCUT2D eigenvalue weighted by atomic mass is 10.0. The molecule has 2 unspecified atom stereocenters. The lowest BCUT2D eigenvalue weighted by Crippen LogP contribution is -2.31. The number of nitrogens with zero attached hydrogens (tertiary/aromatic N) is 3. The Morgan fingerprint density at radius 3 is 2.72 bits per heavy atom. The van der Waals surface area contributed by atoms with E-state index in [1.165, 1.54) is 23.0 Å². The first kappa shape index (κ1) is 28.9. The fraction of sp³-hybridized carbons (Fsp3) is 0.355. The molecule has 0 radical (unpaired) electrons. The molecule has 3 aromatic rings. The molecule has 1 N–H and O–H groups in total. The van der Waals surface area contributed by atoms with Crippen molar-refractivity contribution in [2.24, 2.45) is 4.99 Å². The van der Waals surface area contributed by atoms with Gasteiger partial charge in [-0.05, 0) is 60.8 Å². The number of hydrogen-bond donors (Lipinski definition) is 1. The maximum absolute atomic E-state index is 13.6. The molecule has 8 heteroatoms. The number of aliphatic imine (C=N–C) groups is 1. The lowest BCUT2D eigenvalue weighted by Gasteiger charge is -2.26. The van der Waals surface area contributed by atoms with Crippen molar-refractivity contribution in [1.29, 1.82) is 0 Å². The molecule has 1 aliphatic heterocycles. The standard InChI is InChI=1S/C31H37FN3O3P/c32-26-12-14-27(15-13-26)35-19-6-5-8-24(16-18-33-31(35)11-2-1-7-20-36)29-22-28(38-34-29)23-37-21-17-25-9-3-4-10-30(25)39/h3-6,9-10,12-16,18,22,24,36H,1-2,7-8,11,17,19-21,23,39H2/b6-5+,18-16+,33-31?. The van der Waals surface area contributed by atoms with Gasteiger partial charge in [0.1, 0.15) is 18.3 Å². The molecule has 4 rings (SSSR count). The van der Waals surface area contributed by atoms with E-state index in [1.54, 1.807) is 12.1 Å². The number of ether oxygens (including phenoxy) is 1. The summed E-state index contributed by atoms with van der Waals surface area (Å²) in [6.45, 7) is 1.80. The maximum Gasteiger partial charge on any atom is 0.162 e. The maximum atomic E-state index is 13.6. The summed E-state index contributed by atoms with van der Waals surface area (Å²) in [6.07, 6.45) is 13.1. The number of rotatable bonds is 12. The van der Waals surface area contributed by atoms with Gasteiger partial charge in [-0.3, -0.25) is 0 Å². The number of unbranched alkanes of at least 4 members (excludes halogenated alkanes) is 2. The second kappa shape index (κ2) is 15.5. The van der Waals surface area contributed by atoms with E-state index in [1.807, 2.05) is 30.5 Å². The lowest BCUT2D eigenvalue weighted by molar-refractivity contribution is 0.104. The van der Waals surface area contributed by atoms with Gasteiger partial charge in [-0.25, -0.2) is 9.38 Å². The zero-order valence-electron chi connectivity index (χ0n) is 22.2. The molecule has 0 saturated carbocycles. The first-order chi connectivity index (χ1) is 19.1. The molecular weight excluding hydrogens is 512 g/mol. The van der Waals surface area contributed by atoms with Crippen LogP contribution in [-0.2, 0) is 17.8 Å². The summed E-state index contributed by atoms with van der Waals surface area (Å²) in [5.74, 6) is 1.37. The van der Waals surface area contributed by atoms with Gasteiger partial charge in [0.2, 0.25) is 0 Å². The topological polar surface area (TPSA) is 71.1 Å². The number of aliphatic hydroxyl groups excluding tert-OH is 1. The van der Waals surface area contributed by atoms with Gasteiger partial charge >= 0.3 is 0 Å².